The molecule has 0 fully saturated rings. The maximum atomic E-state index is 12.4. The first-order valence-electron chi connectivity index (χ1n) is 8.82. The number of nitrogens with one attached hydrogen (secondary N) is 2. The number of carbonyl (C=O) groups excluding carboxylic acids is 1. The van der Waals surface area contributed by atoms with Crippen LogP contribution in [0.15, 0.2) is 65.5 Å². The van der Waals surface area contributed by atoms with Crippen LogP contribution in [0.5, 0.6) is 0 Å². The van der Waals surface area contributed by atoms with E-state index in [1.807, 2.05) is 69.4 Å². The molecule has 3 rings (SSSR count). The molecule has 0 saturated carbocycles. The molecule has 1 heterocycles. The zero-order chi connectivity index (χ0) is 19.4. The average Bonchev–Trinajstić information content (AvgIpc) is 2.67. The summed E-state index contributed by atoms with van der Waals surface area (Å²) >= 11 is 0. The molecule has 2 aromatic carbocycles. The van der Waals surface area contributed by atoms with Crippen LogP contribution < -0.4 is 15.8 Å². The number of hydrogen-bond acceptors (Lipinski definition) is 3. The number of aromatic amines is 1. The quantitative estimate of drug-likeness (QED) is 0.728. The molecule has 27 heavy (non-hydrogen) atoms. The first kappa shape index (κ1) is 18.5. The highest BCUT2D eigenvalue weighted by Crippen LogP contribution is 2.23. The Bertz CT molecular complexity index is 992. The third-order valence-electron chi connectivity index (χ3n) is 4.58. The van der Waals surface area contributed by atoms with E-state index in [4.69, 9.17) is 0 Å². The lowest BCUT2D eigenvalue weighted by molar-refractivity contribution is 0.0951. The van der Waals surface area contributed by atoms with E-state index in [1.165, 1.54) is 0 Å². The molecule has 0 saturated heterocycles. The van der Waals surface area contributed by atoms with Crippen LogP contribution in [-0.2, 0) is 6.54 Å². The fourth-order valence-corrected chi connectivity index (χ4v) is 3.01. The lowest BCUT2D eigenvalue weighted by Crippen LogP contribution is -2.27. The summed E-state index contributed by atoms with van der Waals surface area (Å²) in [5.74, 6) is -0.205. The molecule has 138 valence electrons. The van der Waals surface area contributed by atoms with E-state index in [2.05, 4.69) is 15.2 Å². The third-order valence-corrected chi connectivity index (χ3v) is 4.58. The number of H-pyrrole nitrogens is 1. The fourth-order valence-electron chi connectivity index (χ4n) is 3.01. The highest BCUT2D eigenvalue weighted by atomic mass is 16.1. The topological polar surface area (TPSA) is 65.2 Å². The maximum absolute atomic E-state index is 12.4. The summed E-state index contributed by atoms with van der Waals surface area (Å²) in [6, 6.07) is 19.3. The van der Waals surface area contributed by atoms with Crippen LogP contribution in [0.2, 0.25) is 0 Å². The predicted molar refractivity (Wildman–Crippen MR) is 109 cm³/mol. The minimum Gasteiger partial charge on any atom is -0.348 e. The summed E-state index contributed by atoms with van der Waals surface area (Å²) in [7, 11) is 1.98. The number of aryl methyl sites for hydroxylation is 2. The lowest BCUT2D eigenvalue weighted by atomic mass is 10.1. The van der Waals surface area contributed by atoms with Gasteiger partial charge in [0, 0.05) is 41.8 Å². The van der Waals surface area contributed by atoms with Gasteiger partial charge in [0.1, 0.15) is 0 Å². The largest absolute Gasteiger partial charge is 0.348 e. The van der Waals surface area contributed by atoms with Gasteiger partial charge in [0.25, 0.3) is 11.5 Å². The number of para-hydroxylation sites is 1. The lowest BCUT2D eigenvalue weighted by Gasteiger charge is -2.19. The molecular formula is C22H23N3O2. The van der Waals surface area contributed by atoms with Gasteiger partial charge in [-0.25, -0.2) is 0 Å². The average molecular weight is 361 g/mol. The number of aromatic nitrogens is 1. The molecule has 1 aromatic heterocycles. The van der Waals surface area contributed by atoms with Gasteiger partial charge in [0.15, 0.2) is 0 Å². The Balaban J connectivity index is 1.69. The molecule has 3 aromatic rings. The summed E-state index contributed by atoms with van der Waals surface area (Å²) < 4.78 is 0. The van der Waals surface area contributed by atoms with Gasteiger partial charge in [-0.3, -0.25) is 9.59 Å². The number of nitrogens with zero attached hydrogens (tertiary/aromatic N) is 1. The van der Waals surface area contributed by atoms with Gasteiger partial charge in [0.2, 0.25) is 0 Å². The van der Waals surface area contributed by atoms with Crippen molar-refractivity contribution >= 4 is 17.3 Å². The van der Waals surface area contributed by atoms with Crippen LogP contribution in [0.25, 0.3) is 0 Å². The first-order valence-corrected chi connectivity index (χ1v) is 8.82. The number of benzene rings is 2. The van der Waals surface area contributed by atoms with E-state index >= 15 is 0 Å². The summed E-state index contributed by atoms with van der Waals surface area (Å²) in [6.07, 6.45) is 0. The maximum Gasteiger partial charge on any atom is 0.253 e. The number of rotatable bonds is 5. The normalized spacial score (nSPS) is 10.5. The van der Waals surface area contributed by atoms with Gasteiger partial charge in [-0.2, -0.15) is 0 Å². The van der Waals surface area contributed by atoms with E-state index in [1.54, 1.807) is 12.1 Å². The fraction of sp³-hybridized carbons (Fsp3) is 0.182. The second kappa shape index (κ2) is 7.91. The Labute approximate surface area is 158 Å². The van der Waals surface area contributed by atoms with Gasteiger partial charge in [0.05, 0.1) is 0 Å². The second-order valence-corrected chi connectivity index (χ2v) is 6.57. The summed E-state index contributed by atoms with van der Waals surface area (Å²) in [5, 5.41) is 2.82. The zero-order valence-electron chi connectivity index (χ0n) is 15.7. The van der Waals surface area contributed by atoms with Crippen molar-refractivity contribution in [3.8, 4) is 0 Å². The molecule has 1 amide bonds. The number of hydrogen-bond donors (Lipinski definition) is 2. The summed E-state index contributed by atoms with van der Waals surface area (Å²) in [5.41, 5.74) is 4.72. The molecule has 0 aliphatic heterocycles. The van der Waals surface area contributed by atoms with E-state index < -0.39 is 0 Å². The Morgan fingerprint density at radius 1 is 1.00 bits per heavy atom. The van der Waals surface area contributed by atoms with E-state index in [-0.39, 0.29) is 18.0 Å². The smallest absolute Gasteiger partial charge is 0.253 e. The van der Waals surface area contributed by atoms with Crippen molar-refractivity contribution < 1.29 is 4.79 Å². The van der Waals surface area contributed by atoms with Crippen LogP contribution >= 0.6 is 0 Å². The van der Waals surface area contributed by atoms with Crippen LogP contribution in [0.3, 0.4) is 0 Å². The van der Waals surface area contributed by atoms with Gasteiger partial charge in [-0.15, -0.1) is 0 Å². The molecule has 0 bridgehead atoms. The minimum atomic E-state index is -0.205. The Hall–Kier alpha value is -3.34. The van der Waals surface area contributed by atoms with E-state index in [0.29, 0.717) is 11.1 Å². The molecule has 5 nitrogen and oxygen atoms in total. The number of carbonyl (C=O) groups is 1. The summed E-state index contributed by atoms with van der Waals surface area (Å²) in [6.45, 7) is 3.91. The second-order valence-electron chi connectivity index (χ2n) is 6.57. The standard InChI is InChI=1S/C22H23N3O2/c1-15-13-16(2)24-22(27)20(15)14-23-21(26)17-9-11-19(12-10-17)25(3)18-7-5-4-6-8-18/h4-13H,14H2,1-3H3,(H,23,26)(H,24,27). The molecule has 2 N–H and O–H groups in total. The SMILES string of the molecule is Cc1cc(C)c(CNC(=O)c2ccc(N(C)c3ccccc3)cc2)c(=O)[nH]1. The van der Waals surface area contributed by atoms with Crippen molar-refractivity contribution in [1.82, 2.24) is 10.3 Å². The van der Waals surface area contributed by atoms with Crippen molar-refractivity contribution in [3.63, 3.8) is 0 Å². The molecule has 0 aliphatic rings. The minimum absolute atomic E-state index is 0.160. The molecule has 0 aliphatic carbocycles. The first-order chi connectivity index (χ1) is 13.0. The van der Waals surface area contributed by atoms with E-state index in [0.717, 1.165) is 22.6 Å². The molecule has 0 radical (unpaired) electrons. The molecule has 5 heteroatoms. The van der Waals surface area contributed by atoms with E-state index in [9.17, 15) is 9.59 Å². The Morgan fingerprint density at radius 2 is 1.63 bits per heavy atom. The van der Waals surface area contributed by atoms with Crippen LogP contribution in [0, 0.1) is 13.8 Å². The van der Waals surface area contributed by atoms with Crippen LogP contribution in [0.1, 0.15) is 27.2 Å². The molecule has 0 atom stereocenters. The van der Waals surface area contributed by atoms with Crippen molar-refractivity contribution in [2.45, 2.75) is 20.4 Å². The molecular weight excluding hydrogens is 338 g/mol. The van der Waals surface area contributed by atoms with Crippen molar-refractivity contribution in [2.24, 2.45) is 0 Å². The van der Waals surface area contributed by atoms with Crippen LogP contribution in [-0.4, -0.2) is 17.9 Å². The van der Waals surface area contributed by atoms with Crippen molar-refractivity contribution in [1.29, 1.82) is 0 Å². The van der Waals surface area contributed by atoms with Gasteiger partial charge in [-0.1, -0.05) is 18.2 Å². The predicted octanol–water partition coefficient (Wildman–Crippen LogP) is 3.69. The van der Waals surface area contributed by atoms with Crippen LogP contribution in [0.4, 0.5) is 11.4 Å². The molecule has 0 spiro atoms. The number of amides is 1. The molecule has 0 unspecified atom stereocenters. The Kier molecular flexibility index (Phi) is 5.41. The van der Waals surface area contributed by atoms with Gasteiger partial charge >= 0.3 is 0 Å². The van der Waals surface area contributed by atoms with Crippen molar-refractivity contribution in [3.05, 3.63) is 93.4 Å². The number of pyridine rings is 1. The monoisotopic (exact) mass is 361 g/mol. The summed E-state index contributed by atoms with van der Waals surface area (Å²) in [4.78, 5) is 29.3. The van der Waals surface area contributed by atoms with Crippen molar-refractivity contribution in [2.75, 3.05) is 11.9 Å². The highest BCUT2D eigenvalue weighted by Gasteiger charge is 2.10. The highest BCUT2D eigenvalue weighted by molar-refractivity contribution is 5.94. The van der Waals surface area contributed by atoms with Gasteiger partial charge < -0.3 is 15.2 Å². The zero-order valence-corrected chi connectivity index (χ0v) is 15.7. The van der Waals surface area contributed by atoms with Gasteiger partial charge in [-0.05, 0) is 61.9 Å². The number of anilines is 2. The third kappa shape index (κ3) is 4.26. The Morgan fingerprint density at radius 3 is 2.26 bits per heavy atom.